The van der Waals surface area contributed by atoms with Crippen LogP contribution in [0.15, 0.2) is 201 Å². The summed E-state index contributed by atoms with van der Waals surface area (Å²) in [6.07, 6.45) is 22.2. The Bertz CT molecular complexity index is 2900. The largest absolute Gasteiger partial charge is 0.465 e. The number of hydrogen-bond donors (Lipinski definition) is 0. The molecule has 0 spiro atoms. The molecule has 0 aromatic rings. The van der Waals surface area contributed by atoms with E-state index < -0.39 is 89.0 Å². The molecule has 0 aromatic heterocycles. The minimum Gasteiger partial charge on any atom is -0.465 e. The van der Waals surface area contributed by atoms with E-state index in [0.29, 0.717) is 56.8 Å². The van der Waals surface area contributed by atoms with Gasteiger partial charge in [0, 0.05) is 103 Å². The van der Waals surface area contributed by atoms with Crippen molar-refractivity contribution < 1.29 is 162 Å². The zero-order valence-electron chi connectivity index (χ0n) is 64.7. The highest BCUT2D eigenvalue weighted by Crippen LogP contribution is 2.22. The predicted octanol–water partition coefficient (Wildman–Crippen LogP) is 7.49. The maximum Gasteiger partial charge on any atom is 0.333 e. The number of unbranched alkanes of at least 4 members (excludes halogenated alkanes) is 4. The molecule has 0 rings (SSSR count). The number of esters is 16. The van der Waals surface area contributed by atoms with E-state index in [4.69, 9.17) is 56.8 Å². The Labute approximate surface area is 659 Å². The smallest absolute Gasteiger partial charge is 0.333 e. The molecular weight excluding hydrogens is 1490 g/mol. The second-order valence-corrected chi connectivity index (χ2v) is 20.4. The lowest BCUT2D eigenvalue weighted by atomic mass is 9.92. The number of hydrogen-bond acceptors (Lipinski definition) is 34. The van der Waals surface area contributed by atoms with Crippen LogP contribution in [0.1, 0.15) is 65.7 Å². The quantitative estimate of drug-likeness (QED) is 0.0187. The molecule has 0 fully saturated rings. The molecule has 0 aliphatic rings. The van der Waals surface area contributed by atoms with Gasteiger partial charge in [-0.1, -0.05) is 98.7 Å². The summed E-state index contributed by atoms with van der Waals surface area (Å²) in [6, 6.07) is 0. The van der Waals surface area contributed by atoms with Gasteiger partial charge in [-0.3, -0.25) is 4.79 Å². The SMILES string of the molecule is C=C(C)C(=O)OCCOCCOC(=O)C(=C)C.C=CC(=O)OC/C=C\COC(=O)C=C.C=CC(=O)OCC(COC(C)=O)(COC(=O)C=C)COC(=O)C=C.C=CC(=O)OCCCCCCOC(=O)C=C.C=CC(=O)OCCCCOC(=O)C=C.C=CC(=O)OCCCOC(=O)C=C.C=CC(=O)OCCOCCOC(=O)C=C. The summed E-state index contributed by atoms with van der Waals surface area (Å²) in [7, 11) is 0. The van der Waals surface area contributed by atoms with E-state index in [1.54, 1.807) is 26.0 Å². The lowest BCUT2D eigenvalue weighted by Crippen LogP contribution is -2.43. The van der Waals surface area contributed by atoms with Crippen LogP contribution in [-0.2, 0) is 162 Å². The van der Waals surface area contributed by atoms with Crippen molar-refractivity contribution in [2.24, 2.45) is 5.41 Å². The fourth-order valence-corrected chi connectivity index (χ4v) is 5.44. The topological polar surface area (TPSA) is 439 Å². The van der Waals surface area contributed by atoms with E-state index in [9.17, 15) is 76.7 Å². The van der Waals surface area contributed by atoms with Gasteiger partial charge < -0.3 is 85.3 Å². The minimum absolute atomic E-state index is 0.135. The molecule has 0 bridgehead atoms. The maximum atomic E-state index is 11.3. The Morgan fingerprint density at radius 1 is 0.221 bits per heavy atom. The van der Waals surface area contributed by atoms with Gasteiger partial charge in [0.1, 0.15) is 71.5 Å². The van der Waals surface area contributed by atoms with Crippen molar-refractivity contribution in [2.45, 2.75) is 65.7 Å². The van der Waals surface area contributed by atoms with Crippen LogP contribution < -0.4 is 0 Å². The molecule has 0 amide bonds. The van der Waals surface area contributed by atoms with E-state index in [1.165, 1.54) is 6.92 Å². The predicted molar refractivity (Wildman–Crippen MR) is 409 cm³/mol. The average molecular weight is 1600 g/mol. The molecule has 0 aromatic carbocycles. The van der Waals surface area contributed by atoms with Crippen LogP contribution in [-0.4, -0.2) is 228 Å². The first-order valence-corrected chi connectivity index (χ1v) is 33.6. The number of carbonyl (C=O) groups excluding carboxylic acids is 16. The molecule has 0 N–H and O–H groups in total. The number of ether oxygens (including phenoxy) is 18. The van der Waals surface area contributed by atoms with Crippen molar-refractivity contribution in [3.05, 3.63) is 201 Å². The summed E-state index contributed by atoms with van der Waals surface area (Å²) in [5.74, 6) is -8.29. The monoisotopic (exact) mass is 1600 g/mol. The van der Waals surface area contributed by atoms with Gasteiger partial charge in [-0.05, 0) is 64.5 Å². The standard InChI is InChI=1S/C16H20O8.C12H18O5.C12H18O4.C10H14O5.C10H14O4.C10H12O4.C9H12O4/c1-5-13(18)22-9-16(8-21-12(4)17,10-23-14(19)6-2)11-24-15(20)7-3;1-9(2)11(13)16-7-5-15-6-8-17-12(14)10(3)4;1-3-11(13)15-9-7-5-6-8-10-16-12(14)4-2;1-3-9(11)14-7-5-13-6-8-15-10(12)4-2;2*1-3-9(11)13-7-5-6-8-14-10(12)4-2;1-3-8(10)12-6-5-7-13-9(11)4-2/h5-7H,1-3,8-11H2,4H3;1,3,5-8H2,2,4H3;3-4H,1-2,5-10H2;3-4H,1-2,5-8H2;3-4H,1-2,5-8H2;3-6H,1-2,7-8H2;3-4H,1-2,5-7H2/b;;;;;6-5-;. The highest BCUT2D eigenvalue weighted by Gasteiger charge is 2.37. The molecule has 34 nitrogen and oxygen atoms in total. The molecule has 0 aliphatic heterocycles. The molecule has 0 saturated carbocycles. The first kappa shape index (κ1) is 114. The Morgan fingerprint density at radius 3 is 0.628 bits per heavy atom. The fraction of sp³-hybridized carbons (Fsp3) is 0.392. The van der Waals surface area contributed by atoms with Crippen LogP contribution in [0.5, 0.6) is 0 Å². The molecule has 0 unspecified atom stereocenters. The normalized spacial score (nSPS) is 9.34. The van der Waals surface area contributed by atoms with E-state index in [2.05, 4.69) is 127 Å². The fourth-order valence-electron chi connectivity index (χ4n) is 5.44. The van der Waals surface area contributed by atoms with Crippen LogP contribution in [0.4, 0.5) is 0 Å². The van der Waals surface area contributed by atoms with Crippen molar-refractivity contribution in [3.63, 3.8) is 0 Å². The van der Waals surface area contributed by atoms with Crippen molar-refractivity contribution in [3.8, 4) is 0 Å². The van der Waals surface area contributed by atoms with Gasteiger partial charge in [-0.15, -0.1) is 0 Å². The van der Waals surface area contributed by atoms with Gasteiger partial charge in [0.05, 0.1) is 66.1 Å². The summed E-state index contributed by atoms with van der Waals surface area (Å²) in [5.41, 5.74) is -0.595. The maximum absolute atomic E-state index is 11.3. The van der Waals surface area contributed by atoms with Gasteiger partial charge in [0.25, 0.3) is 0 Å². The van der Waals surface area contributed by atoms with Gasteiger partial charge in [0.2, 0.25) is 0 Å². The van der Waals surface area contributed by atoms with Crippen molar-refractivity contribution >= 4 is 95.5 Å². The second kappa shape index (κ2) is 83.3. The summed E-state index contributed by atoms with van der Waals surface area (Å²) in [6.45, 7) is 55.9. The zero-order chi connectivity index (χ0) is 87.3. The first-order chi connectivity index (χ1) is 53.7. The van der Waals surface area contributed by atoms with E-state index in [-0.39, 0.29) is 118 Å². The zero-order valence-corrected chi connectivity index (χ0v) is 64.7. The first-order valence-electron chi connectivity index (χ1n) is 33.6. The van der Waals surface area contributed by atoms with Crippen LogP contribution >= 0.6 is 0 Å². The van der Waals surface area contributed by atoms with Crippen LogP contribution in [0.25, 0.3) is 0 Å². The lowest BCUT2D eigenvalue weighted by molar-refractivity contribution is -0.166. The van der Waals surface area contributed by atoms with Gasteiger partial charge in [0.15, 0.2) is 0 Å². The van der Waals surface area contributed by atoms with Crippen molar-refractivity contribution in [2.75, 3.05) is 132 Å². The Kier molecular flexibility index (Phi) is 83.8. The van der Waals surface area contributed by atoms with Gasteiger partial charge in [-0.25, -0.2) is 71.9 Å². The third-order valence-corrected chi connectivity index (χ3v) is 11.0. The summed E-state index contributed by atoms with van der Waals surface area (Å²) in [4.78, 5) is 172. The Hall–Kier alpha value is -12.7. The number of rotatable bonds is 55. The Morgan fingerprint density at radius 2 is 0.407 bits per heavy atom. The number of carbonyl (C=O) groups is 16. The Balaban J connectivity index is -0.000000234. The molecule has 628 valence electrons. The lowest BCUT2D eigenvalue weighted by Gasteiger charge is -2.30. The molecule has 0 atom stereocenters. The molecular formula is C79H108O34. The average Bonchev–Trinajstić information content (AvgIpc) is 0.855. The second-order valence-electron chi connectivity index (χ2n) is 20.4. The van der Waals surface area contributed by atoms with Crippen LogP contribution in [0, 0.1) is 5.41 Å². The van der Waals surface area contributed by atoms with Crippen LogP contribution in [0.2, 0.25) is 0 Å². The van der Waals surface area contributed by atoms with E-state index >= 15 is 0 Å². The van der Waals surface area contributed by atoms with Crippen molar-refractivity contribution in [1.82, 2.24) is 0 Å². The molecule has 0 aliphatic carbocycles. The third-order valence-electron chi connectivity index (χ3n) is 11.0. The summed E-state index contributed by atoms with van der Waals surface area (Å²) >= 11 is 0. The highest BCUT2D eigenvalue weighted by atomic mass is 16.6. The molecule has 0 radical (unpaired) electrons. The third kappa shape index (κ3) is 89.8. The molecule has 0 saturated heterocycles. The van der Waals surface area contributed by atoms with Gasteiger partial charge >= 0.3 is 95.5 Å². The highest BCUT2D eigenvalue weighted by molar-refractivity contribution is 5.88. The molecule has 34 heteroatoms. The van der Waals surface area contributed by atoms with Gasteiger partial charge in [-0.2, -0.15) is 0 Å². The summed E-state index contributed by atoms with van der Waals surface area (Å²) < 4.78 is 86.2. The summed E-state index contributed by atoms with van der Waals surface area (Å²) in [5, 5.41) is 0. The molecule has 0 heterocycles. The van der Waals surface area contributed by atoms with Crippen LogP contribution in [0.3, 0.4) is 0 Å². The van der Waals surface area contributed by atoms with E-state index in [0.717, 1.165) is 105 Å². The molecule has 113 heavy (non-hydrogen) atoms. The van der Waals surface area contributed by atoms with Crippen molar-refractivity contribution in [1.29, 1.82) is 0 Å². The minimum atomic E-state index is -1.29. The van der Waals surface area contributed by atoms with E-state index in [1.807, 2.05) is 0 Å².